The van der Waals surface area contributed by atoms with E-state index in [1.165, 1.54) is 0 Å². The number of halogens is 2. The number of methoxy groups -OCH3 is 1. The second-order valence-electron chi connectivity index (χ2n) is 6.50. The van der Waals surface area contributed by atoms with Gasteiger partial charge in [-0.05, 0) is 36.2 Å². The Morgan fingerprint density at radius 1 is 1.37 bits per heavy atom. The van der Waals surface area contributed by atoms with Gasteiger partial charge in [-0.3, -0.25) is 9.69 Å². The van der Waals surface area contributed by atoms with Crippen molar-refractivity contribution in [2.45, 2.75) is 13.0 Å². The minimum atomic E-state index is -0.0912. The van der Waals surface area contributed by atoms with E-state index in [-0.39, 0.29) is 12.0 Å². The summed E-state index contributed by atoms with van der Waals surface area (Å²) in [6, 6.07) is 11.6. The first-order chi connectivity index (χ1) is 13.0. The Bertz CT molecular complexity index is 814. The lowest BCUT2D eigenvalue weighted by molar-refractivity contribution is -0.119. The van der Waals surface area contributed by atoms with Gasteiger partial charge in [-0.15, -0.1) is 0 Å². The number of benzene rings is 2. The number of nitrogens with one attached hydrogen (secondary N) is 1. The molecule has 144 valence electrons. The van der Waals surface area contributed by atoms with E-state index in [0.29, 0.717) is 36.2 Å². The molecule has 1 N–H and O–H groups in total. The summed E-state index contributed by atoms with van der Waals surface area (Å²) in [7, 11) is 1.56. The van der Waals surface area contributed by atoms with Gasteiger partial charge in [0.25, 0.3) is 0 Å². The summed E-state index contributed by atoms with van der Waals surface area (Å²) in [5.41, 5.74) is 2.62. The largest absolute Gasteiger partial charge is 0.495 e. The van der Waals surface area contributed by atoms with E-state index in [1.54, 1.807) is 13.2 Å². The number of hydrogen-bond donors (Lipinski definition) is 1. The fourth-order valence-corrected chi connectivity index (χ4v) is 3.47. The molecule has 0 bridgehead atoms. The molecule has 1 saturated heterocycles. The Hall–Kier alpha value is -1.60. The van der Waals surface area contributed by atoms with Gasteiger partial charge < -0.3 is 14.8 Å². The molecule has 1 amide bonds. The number of anilines is 1. The molecule has 1 unspecified atom stereocenters. The molecule has 3 rings (SSSR count). The van der Waals surface area contributed by atoms with Crippen LogP contribution in [0.5, 0.6) is 5.75 Å². The summed E-state index contributed by atoms with van der Waals surface area (Å²) >= 11 is 9.57. The van der Waals surface area contributed by atoms with Crippen LogP contribution in [0.3, 0.4) is 0 Å². The second kappa shape index (κ2) is 9.06. The first-order valence-corrected chi connectivity index (χ1v) is 9.87. The smallest absolute Gasteiger partial charge is 0.238 e. The molecule has 7 heteroatoms. The summed E-state index contributed by atoms with van der Waals surface area (Å²) in [5, 5.41) is 3.53. The average molecular weight is 454 g/mol. The molecule has 0 spiro atoms. The average Bonchev–Trinajstić information content (AvgIpc) is 2.65. The zero-order valence-corrected chi connectivity index (χ0v) is 17.6. The van der Waals surface area contributed by atoms with Gasteiger partial charge in [0.05, 0.1) is 32.1 Å². The fraction of sp³-hybridized carbons (Fsp3) is 0.350. The lowest BCUT2D eigenvalue weighted by Crippen LogP contribution is -2.42. The molecule has 1 fully saturated rings. The van der Waals surface area contributed by atoms with Crippen LogP contribution < -0.4 is 10.1 Å². The van der Waals surface area contributed by atoms with Crippen molar-refractivity contribution in [3.8, 4) is 5.75 Å². The van der Waals surface area contributed by atoms with Crippen LogP contribution in [0, 0.1) is 6.92 Å². The molecule has 1 aliphatic heterocycles. The summed E-state index contributed by atoms with van der Waals surface area (Å²) in [6.07, 6.45) is -0.0352. The minimum absolute atomic E-state index is 0.0352. The van der Waals surface area contributed by atoms with Crippen molar-refractivity contribution in [3.05, 3.63) is 57.0 Å². The third kappa shape index (κ3) is 5.23. The lowest BCUT2D eigenvalue weighted by Gasteiger charge is -2.32. The molecular weight excluding hydrogens is 432 g/mol. The van der Waals surface area contributed by atoms with Crippen molar-refractivity contribution in [2.75, 3.05) is 38.7 Å². The second-order valence-corrected chi connectivity index (χ2v) is 7.82. The Labute approximate surface area is 172 Å². The van der Waals surface area contributed by atoms with E-state index in [1.807, 2.05) is 37.3 Å². The molecule has 2 aromatic rings. The van der Waals surface area contributed by atoms with E-state index in [4.69, 9.17) is 21.1 Å². The van der Waals surface area contributed by atoms with Crippen molar-refractivity contribution in [3.63, 3.8) is 0 Å². The quantitative estimate of drug-likeness (QED) is 0.727. The van der Waals surface area contributed by atoms with Crippen LogP contribution in [0.4, 0.5) is 5.69 Å². The number of nitrogens with zero attached hydrogens (tertiary/aromatic N) is 1. The Balaban J connectivity index is 1.62. The molecule has 1 heterocycles. The number of aryl methyl sites for hydroxylation is 1. The maximum atomic E-state index is 12.5. The van der Waals surface area contributed by atoms with Crippen LogP contribution in [-0.4, -0.2) is 44.2 Å². The maximum absolute atomic E-state index is 12.5. The van der Waals surface area contributed by atoms with Crippen LogP contribution in [0.2, 0.25) is 5.02 Å². The van der Waals surface area contributed by atoms with Gasteiger partial charge in [0.1, 0.15) is 5.75 Å². The van der Waals surface area contributed by atoms with Crippen LogP contribution in [-0.2, 0) is 9.53 Å². The summed E-state index contributed by atoms with van der Waals surface area (Å²) in [5.74, 6) is 0.458. The zero-order valence-electron chi connectivity index (χ0n) is 15.3. The first kappa shape index (κ1) is 20.1. The Morgan fingerprint density at radius 3 is 2.81 bits per heavy atom. The highest BCUT2D eigenvalue weighted by molar-refractivity contribution is 9.10. The molecule has 5 nitrogen and oxygen atoms in total. The first-order valence-electron chi connectivity index (χ1n) is 8.69. The molecule has 27 heavy (non-hydrogen) atoms. The third-order valence-electron chi connectivity index (χ3n) is 4.51. The SMILES string of the molecule is COc1cc(Cl)c(C)cc1NC(=O)CN1CCOC(c2ccc(Br)cc2)C1. The zero-order chi connectivity index (χ0) is 19.4. The predicted molar refractivity (Wildman–Crippen MR) is 111 cm³/mol. The summed E-state index contributed by atoms with van der Waals surface area (Å²) in [6.45, 7) is 4.17. The Kier molecular flexibility index (Phi) is 6.76. The summed E-state index contributed by atoms with van der Waals surface area (Å²) in [4.78, 5) is 14.6. The van der Waals surface area contributed by atoms with Crippen LogP contribution in [0.15, 0.2) is 40.9 Å². The van der Waals surface area contributed by atoms with Gasteiger partial charge in [-0.1, -0.05) is 39.7 Å². The van der Waals surface area contributed by atoms with Crippen LogP contribution in [0.25, 0.3) is 0 Å². The number of morpholine rings is 1. The van der Waals surface area contributed by atoms with Crippen molar-refractivity contribution >= 4 is 39.1 Å². The van der Waals surface area contributed by atoms with Gasteiger partial charge in [-0.25, -0.2) is 0 Å². The number of ether oxygens (including phenoxy) is 2. The highest BCUT2D eigenvalue weighted by Crippen LogP contribution is 2.31. The number of carbonyl (C=O) groups is 1. The summed E-state index contributed by atoms with van der Waals surface area (Å²) < 4.78 is 12.2. The third-order valence-corrected chi connectivity index (χ3v) is 5.45. The standard InChI is InChI=1S/C20H22BrClN2O3/c1-13-9-17(18(26-2)10-16(13)22)23-20(25)12-24-7-8-27-19(11-24)14-3-5-15(21)6-4-14/h3-6,9-10,19H,7-8,11-12H2,1-2H3,(H,23,25). The minimum Gasteiger partial charge on any atom is -0.495 e. The van der Waals surface area contributed by atoms with E-state index in [0.717, 1.165) is 22.1 Å². The molecule has 0 saturated carbocycles. The van der Waals surface area contributed by atoms with Crippen molar-refractivity contribution in [1.82, 2.24) is 4.90 Å². The van der Waals surface area contributed by atoms with Gasteiger partial charge in [0.15, 0.2) is 0 Å². The van der Waals surface area contributed by atoms with Crippen molar-refractivity contribution in [1.29, 1.82) is 0 Å². The topological polar surface area (TPSA) is 50.8 Å². The van der Waals surface area contributed by atoms with Crippen molar-refractivity contribution < 1.29 is 14.3 Å². The van der Waals surface area contributed by atoms with Gasteiger partial charge in [-0.2, -0.15) is 0 Å². The van der Waals surface area contributed by atoms with Crippen molar-refractivity contribution in [2.24, 2.45) is 0 Å². The van der Waals surface area contributed by atoms with Gasteiger partial charge in [0.2, 0.25) is 5.91 Å². The molecule has 2 aromatic carbocycles. The highest BCUT2D eigenvalue weighted by Gasteiger charge is 2.24. The predicted octanol–water partition coefficient (Wildman–Crippen LogP) is 4.43. The van der Waals surface area contributed by atoms with Gasteiger partial charge in [0, 0.05) is 28.7 Å². The fourth-order valence-electron chi connectivity index (χ4n) is 3.05. The highest BCUT2D eigenvalue weighted by atomic mass is 79.9. The molecular formula is C20H22BrClN2O3. The van der Waals surface area contributed by atoms with Crippen LogP contribution in [0.1, 0.15) is 17.2 Å². The van der Waals surface area contributed by atoms with Crippen LogP contribution >= 0.6 is 27.5 Å². The van der Waals surface area contributed by atoms with E-state index < -0.39 is 0 Å². The normalized spacial score (nSPS) is 17.6. The molecule has 1 atom stereocenters. The molecule has 0 aliphatic carbocycles. The monoisotopic (exact) mass is 452 g/mol. The molecule has 0 aromatic heterocycles. The number of hydrogen-bond acceptors (Lipinski definition) is 4. The van der Waals surface area contributed by atoms with E-state index >= 15 is 0 Å². The molecule has 0 radical (unpaired) electrons. The number of carbonyl (C=O) groups excluding carboxylic acids is 1. The van der Waals surface area contributed by atoms with E-state index in [9.17, 15) is 4.79 Å². The lowest BCUT2D eigenvalue weighted by atomic mass is 10.1. The number of amides is 1. The van der Waals surface area contributed by atoms with E-state index in [2.05, 4.69) is 26.1 Å². The maximum Gasteiger partial charge on any atom is 0.238 e. The number of rotatable bonds is 5. The molecule has 1 aliphatic rings. The van der Waals surface area contributed by atoms with Gasteiger partial charge >= 0.3 is 0 Å². The Morgan fingerprint density at radius 2 is 2.11 bits per heavy atom.